The zero-order chi connectivity index (χ0) is 31.3. The number of hydrogen-bond donors (Lipinski definition) is 0. The largest absolute Gasteiger partial charge is 0.458 e. The second-order valence-electron chi connectivity index (χ2n) is 12.8. The minimum absolute atomic E-state index is 0.0364. The van der Waals surface area contributed by atoms with Gasteiger partial charge in [-0.2, -0.15) is 0 Å². The van der Waals surface area contributed by atoms with Gasteiger partial charge in [-0.3, -0.25) is 0 Å². The number of ether oxygens (including phenoxy) is 3. The van der Waals surface area contributed by atoms with Crippen LogP contribution < -0.4 is 51.9 Å². The maximum absolute atomic E-state index is 6.79. The van der Waals surface area contributed by atoms with Crippen molar-refractivity contribution in [3.63, 3.8) is 0 Å². The van der Waals surface area contributed by atoms with E-state index in [1.807, 2.05) is 12.1 Å². The van der Waals surface area contributed by atoms with Gasteiger partial charge in [0.25, 0.3) is 13.4 Å². The van der Waals surface area contributed by atoms with E-state index in [1.165, 1.54) is 22.1 Å². The van der Waals surface area contributed by atoms with Gasteiger partial charge < -0.3 is 19.1 Å². The van der Waals surface area contributed by atoms with Crippen LogP contribution in [0.1, 0.15) is 0 Å². The summed E-state index contributed by atoms with van der Waals surface area (Å²) in [5.41, 5.74) is 12.4. The minimum atomic E-state index is 0.0364. The third-order valence-electron chi connectivity index (χ3n) is 10.2. The Morgan fingerprint density at radius 3 is 1.38 bits per heavy atom. The molecule has 4 nitrogen and oxygen atoms in total. The fraction of sp³-hybridized carbons (Fsp3) is 0. The predicted molar refractivity (Wildman–Crippen MR) is 195 cm³/mol. The highest BCUT2D eigenvalue weighted by atomic mass is 16.5. The van der Waals surface area contributed by atoms with Crippen LogP contribution in [0.15, 0.2) is 152 Å². The lowest BCUT2D eigenvalue weighted by molar-refractivity contribution is 0.465. The van der Waals surface area contributed by atoms with Gasteiger partial charge in [-0.15, -0.1) is 0 Å². The number of nitrogens with zero attached hydrogens (tertiary/aromatic N) is 1. The molecule has 7 aromatic carbocycles. The molecule has 0 bridgehead atoms. The van der Waals surface area contributed by atoms with Crippen molar-refractivity contribution in [3.05, 3.63) is 152 Å². The first-order chi connectivity index (χ1) is 23.8. The Kier molecular flexibility index (Phi) is 5.25. The molecular formula is C42H25B2NO3. The lowest BCUT2D eigenvalue weighted by Gasteiger charge is -2.40. The second-order valence-corrected chi connectivity index (χ2v) is 12.8. The number of rotatable bonds is 2. The summed E-state index contributed by atoms with van der Waals surface area (Å²) in [6.45, 7) is 0.0876. The van der Waals surface area contributed by atoms with E-state index >= 15 is 0 Å². The molecule has 11 rings (SSSR count). The lowest BCUT2D eigenvalue weighted by Crippen LogP contribution is -2.59. The Hall–Kier alpha value is -6.13. The number of anilines is 3. The van der Waals surface area contributed by atoms with Gasteiger partial charge in [0.1, 0.15) is 34.5 Å². The summed E-state index contributed by atoms with van der Waals surface area (Å²) in [6.07, 6.45) is 0. The van der Waals surface area contributed by atoms with E-state index in [0.717, 1.165) is 73.4 Å². The highest BCUT2D eigenvalue weighted by molar-refractivity contribution is 6.99. The summed E-state index contributed by atoms with van der Waals surface area (Å²) < 4.78 is 20.1. The van der Waals surface area contributed by atoms with Gasteiger partial charge in [0, 0.05) is 22.5 Å². The zero-order valence-corrected chi connectivity index (χ0v) is 25.8. The number of fused-ring (bicyclic) bond motifs is 8. The highest BCUT2D eigenvalue weighted by Crippen LogP contribution is 2.44. The molecule has 0 N–H and O–H groups in total. The van der Waals surface area contributed by atoms with E-state index in [2.05, 4.69) is 144 Å². The average Bonchev–Trinajstić information content (AvgIpc) is 3.14. The van der Waals surface area contributed by atoms with Gasteiger partial charge in [0.2, 0.25) is 0 Å². The first kappa shape index (κ1) is 26.0. The highest BCUT2D eigenvalue weighted by Gasteiger charge is 2.43. The van der Waals surface area contributed by atoms with Gasteiger partial charge >= 0.3 is 0 Å². The molecule has 0 aromatic heterocycles. The molecule has 0 unspecified atom stereocenters. The van der Waals surface area contributed by atoms with E-state index in [0.29, 0.717) is 0 Å². The smallest absolute Gasteiger partial charge is 0.260 e. The summed E-state index contributed by atoms with van der Waals surface area (Å²) in [5.74, 6) is 5.16. The van der Waals surface area contributed by atoms with E-state index < -0.39 is 0 Å². The first-order valence-corrected chi connectivity index (χ1v) is 16.4. The molecule has 0 spiro atoms. The van der Waals surface area contributed by atoms with E-state index in [1.54, 1.807) is 0 Å². The van der Waals surface area contributed by atoms with Crippen molar-refractivity contribution in [2.75, 3.05) is 4.90 Å². The van der Waals surface area contributed by atoms with Crippen LogP contribution in [0.3, 0.4) is 0 Å². The van der Waals surface area contributed by atoms with Crippen LogP contribution in [0, 0.1) is 0 Å². The summed E-state index contributed by atoms with van der Waals surface area (Å²) in [6, 6.07) is 53.3. The molecule has 0 aliphatic carbocycles. The van der Waals surface area contributed by atoms with Gasteiger partial charge in [0.15, 0.2) is 0 Å². The zero-order valence-electron chi connectivity index (χ0n) is 25.8. The van der Waals surface area contributed by atoms with Crippen molar-refractivity contribution < 1.29 is 14.2 Å². The van der Waals surface area contributed by atoms with Crippen LogP contribution in [-0.2, 0) is 0 Å². The van der Waals surface area contributed by atoms with E-state index in [-0.39, 0.29) is 13.4 Å². The number of para-hydroxylation sites is 5. The van der Waals surface area contributed by atoms with Crippen molar-refractivity contribution in [2.24, 2.45) is 0 Å². The molecule has 0 fully saturated rings. The Morgan fingerprint density at radius 1 is 0.354 bits per heavy atom. The molecule has 0 amide bonds. The van der Waals surface area contributed by atoms with Crippen molar-refractivity contribution >= 4 is 63.3 Å². The van der Waals surface area contributed by atoms with Crippen molar-refractivity contribution in [2.45, 2.75) is 0 Å². The summed E-state index contributed by atoms with van der Waals surface area (Å²) in [4.78, 5) is 2.38. The van der Waals surface area contributed by atoms with E-state index in [4.69, 9.17) is 14.2 Å². The van der Waals surface area contributed by atoms with Crippen LogP contribution in [-0.4, -0.2) is 13.4 Å². The number of benzene rings is 7. The fourth-order valence-corrected chi connectivity index (χ4v) is 8.23. The van der Waals surface area contributed by atoms with Gasteiger partial charge in [0.05, 0.1) is 0 Å². The molecule has 0 atom stereocenters. The average molecular weight is 613 g/mol. The van der Waals surface area contributed by atoms with Crippen LogP contribution in [0.2, 0.25) is 0 Å². The molecule has 48 heavy (non-hydrogen) atoms. The first-order valence-electron chi connectivity index (χ1n) is 16.4. The third-order valence-corrected chi connectivity index (χ3v) is 10.2. The molecule has 4 heterocycles. The summed E-state index contributed by atoms with van der Waals surface area (Å²) in [7, 11) is 0. The summed E-state index contributed by atoms with van der Waals surface area (Å²) in [5, 5.41) is 0. The Morgan fingerprint density at radius 2 is 0.792 bits per heavy atom. The predicted octanol–water partition coefficient (Wildman–Crippen LogP) is 6.49. The Bertz CT molecular complexity index is 2410. The molecule has 0 saturated carbocycles. The molecular weight excluding hydrogens is 588 g/mol. The molecule has 7 aromatic rings. The van der Waals surface area contributed by atoms with E-state index in [9.17, 15) is 0 Å². The van der Waals surface area contributed by atoms with Crippen LogP contribution in [0.4, 0.5) is 17.1 Å². The van der Waals surface area contributed by atoms with Gasteiger partial charge in [-0.05, 0) is 99.1 Å². The third kappa shape index (κ3) is 3.57. The number of hydrogen-bond acceptors (Lipinski definition) is 4. The normalized spacial score (nSPS) is 13.8. The molecule has 0 saturated heterocycles. The van der Waals surface area contributed by atoms with Crippen LogP contribution >= 0.6 is 0 Å². The van der Waals surface area contributed by atoms with Crippen LogP contribution in [0.5, 0.6) is 34.5 Å². The lowest BCUT2D eigenvalue weighted by atomic mass is 9.34. The Labute approximate surface area is 278 Å². The molecule has 4 aliphatic heterocycles. The molecule has 4 aliphatic rings. The van der Waals surface area contributed by atoms with Crippen LogP contribution in [0.25, 0.3) is 11.1 Å². The van der Waals surface area contributed by atoms with Crippen molar-refractivity contribution in [1.29, 1.82) is 0 Å². The second kappa shape index (κ2) is 9.69. The molecule has 222 valence electrons. The quantitative estimate of drug-likeness (QED) is 0.209. The van der Waals surface area contributed by atoms with Gasteiger partial charge in [-0.1, -0.05) is 91.0 Å². The Balaban J connectivity index is 1.16. The molecule has 0 radical (unpaired) electrons. The monoisotopic (exact) mass is 613 g/mol. The van der Waals surface area contributed by atoms with Crippen molar-refractivity contribution in [1.82, 2.24) is 0 Å². The maximum atomic E-state index is 6.79. The van der Waals surface area contributed by atoms with Crippen molar-refractivity contribution in [3.8, 4) is 45.6 Å². The fourth-order valence-electron chi connectivity index (χ4n) is 8.23. The maximum Gasteiger partial charge on any atom is 0.260 e. The molecule has 6 heteroatoms. The SMILES string of the molecule is c1ccc(N2c3ccccc3B3c4ccccc4Oc4cc(-c5cc6c7c(c5)Oc5ccccc5B7c5ccccc5O6)cc2c43)cc1. The standard InChI is InChI=1S/C42H25B2NO3/c1-2-12-28(13-3-1)45-33-18-8-4-14-29(33)43-30-15-5-9-19-35(30)46-38-23-26(22-34(45)41(38)43)27-24-39-42-40(25-27)48-37-21-11-7-17-32(37)44(42)31-16-6-10-20-36(31)47-39/h1-25H. The van der Waals surface area contributed by atoms with Gasteiger partial charge in [-0.25, -0.2) is 0 Å². The topological polar surface area (TPSA) is 30.9 Å². The minimum Gasteiger partial charge on any atom is -0.458 e. The summed E-state index contributed by atoms with van der Waals surface area (Å²) >= 11 is 0.